The van der Waals surface area contributed by atoms with Gasteiger partial charge in [0.2, 0.25) is 0 Å². The van der Waals surface area contributed by atoms with Crippen molar-refractivity contribution in [2.24, 2.45) is 0 Å². The number of carboxylic acids is 1. The maximum atomic E-state index is 12.7. The number of hydrogen-bond acceptors (Lipinski definition) is 2. The molecule has 3 nitrogen and oxygen atoms in total. The Morgan fingerprint density at radius 2 is 2.06 bits per heavy atom. The van der Waals surface area contributed by atoms with E-state index in [1.165, 1.54) is 12.1 Å². The summed E-state index contributed by atoms with van der Waals surface area (Å²) in [6.07, 6.45) is 2.31. The van der Waals surface area contributed by atoms with Gasteiger partial charge in [0.1, 0.15) is 5.82 Å². The molecule has 2 rings (SSSR count). The molecule has 1 aromatic rings. The Hall–Kier alpha value is -1.68. The fourth-order valence-corrected chi connectivity index (χ4v) is 1.90. The number of carboxylic acid groups (broad SMARTS) is 1. The molecule has 1 aromatic carbocycles. The maximum Gasteiger partial charge on any atom is 0.331 e. The average molecular weight is 235 g/mol. The van der Waals surface area contributed by atoms with Crippen LogP contribution in [0.15, 0.2) is 35.9 Å². The summed E-state index contributed by atoms with van der Waals surface area (Å²) >= 11 is 0. The van der Waals surface area contributed by atoms with E-state index in [0.717, 1.165) is 18.7 Å². The fraction of sp³-hybridized carbons (Fsp3) is 0.308. The fourth-order valence-electron chi connectivity index (χ4n) is 1.90. The molecule has 0 amide bonds. The van der Waals surface area contributed by atoms with Crippen LogP contribution in [0.2, 0.25) is 0 Å². The molecule has 1 heterocycles. The zero-order valence-electron chi connectivity index (χ0n) is 9.40. The van der Waals surface area contributed by atoms with Gasteiger partial charge in [-0.25, -0.2) is 9.18 Å². The predicted molar refractivity (Wildman–Crippen MR) is 62.0 cm³/mol. The minimum absolute atomic E-state index is 0.236. The highest BCUT2D eigenvalue weighted by Gasteiger charge is 2.15. The third-order valence-corrected chi connectivity index (χ3v) is 2.89. The van der Waals surface area contributed by atoms with E-state index in [0.29, 0.717) is 18.5 Å². The number of benzene rings is 1. The lowest BCUT2D eigenvalue weighted by Crippen LogP contribution is -2.29. The minimum Gasteiger partial charge on any atom is -0.478 e. The first-order valence-electron chi connectivity index (χ1n) is 5.54. The van der Waals surface area contributed by atoms with Crippen molar-refractivity contribution in [2.75, 3.05) is 13.1 Å². The van der Waals surface area contributed by atoms with Crippen molar-refractivity contribution >= 4 is 5.97 Å². The summed E-state index contributed by atoms with van der Waals surface area (Å²) in [5.41, 5.74) is 1.53. The third kappa shape index (κ3) is 3.14. The van der Waals surface area contributed by atoms with Gasteiger partial charge < -0.3 is 5.11 Å². The molecule has 4 heteroatoms. The van der Waals surface area contributed by atoms with Crippen LogP contribution in [0.3, 0.4) is 0 Å². The molecule has 0 saturated heterocycles. The largest absolute Gasteiger partial charge is 0.478 e. The van der Waals surface area contributed by atoms with Crippen LogP contribution in [0.1, 0.15) is 12.0 Å². The Morgan fingerprint density at radius 3 is 2.59 bits per heavy atom. The second kappa shape index (κ2) is 5.10. The first-order chi connectivity index (χ1) is 8.15. The lowest BCUT2D eigenvalue weighted by molar-refractivity contribution is -0.133. The van der Waals surface area contributed by atoms with Gasteiger partial charge in [-0.05, 0) is 24.1 Å². The lowest BCUT2D eigenvalue weighted by atomic mass is 10.1. The van der Waals surface area contributed by atoms with Crippen LogP contribution in [0.4, 0.5) is 4.39 Å². The molecule has 90 valence electrons. The standard InChI is InChI=1S/C13H14FNO2/c14-12-3-1-10(2-4-12)9-15-7-5-11(6-8-15)13(16)17/h1-5H,6-9H2,(H,16,17). The van der Waals surface area contributed by atoms with Crippen LogP contribution in [-0.2, 0) is 11.3 Å². The van der Waals surface area contributed by atoms with Gasteiger partial charge in [0.05, 0.1) is 0 Å². The second-order valence-corrected chi connectivity index (χ2v) is 4.15. The van der Waals surface area contributed by atoms with Crippen LogP contribution >= 0.6 is 0 Å². The number of carbonyl (C=O) groups is 1. The zero-order chi connectivity index (χ0) is 12.3. The summed E-state index contributed by atoms with van der Waals surface area (Å²) in [4.78, 5) is 12.9. The van der Waals surface area contributed by atoms with Crippen molar-refractivity contribution in [1.82, 2.24) is 4.90 Å². The molecule has 0 saturated carbocycles. The Kier molecular flexibility index (Phi) is 3.54. The van der Waals surface area contributed by atoms with E-state index >= 15 is 0 Å². The van der Waals surface area contributed by atoms with Crippen molar-refractivity contribution in [2.45, 2.75) is 13.0 Å². The van der Waals surface area contributed by atoms with Crippen molar-refractivity contribution in [3.63, 3.8) is 0 Å². The number of rotatable bonds is 3. The summed E-state index contributed by atoms with van der Waals surface area (Å²) in [5, 5.41) is 8.82. The number of aliphatic carboxylic acids is 1. The molecule has 17 heavy (non-hydrogen) atoms. The summed E-state index contributed by atoms with van der Waals surface area (Å²) in [6.45, 7) is 2.10. The number of nitrogens with zero attached hydrogens (tertiary/aromatic N) is 1. The van der Waals surface area contributed by atoms with E-state index in [-0.39, 0.29) is 5.82 Å². The normalized spacial score (nSPS) is 16.6. The van der Waals surface area contributed by atoms with Crippen LogP contribution in [0.5, 0.6) is 0 Å². The molecule has 1 N–H and O–H groups in total. The summed E-state index contributed by atoms with van der Waals surface area (Å²) in [6, 6.07) is 6.40. The van der Waals surface area contributed by atoms with Crippen LogP contribution in [0, 0.1) is 5.82 Å². The molecular formula is C13H14FNO2. The Balaban J connectivity index is 1.94. The molecule has 0 fully saturated rings. The number of hydrogen-bond donors (Lipinski definition) is 1. The van der Waals surface area contributed by atoms with Gasteiger partial charge in [-0.15, -0.1) is 0 Å². The van der Waals surface area contributed by atoms with Gasteiger partial charge in [-0.2, -0.15) is 0 Å². The van der Waals surface area contributed by atoms with Gasteiger partial charge in [-0.1, -0.05) is 18.2 Å². The summed E-state index contributed by atoms with van der Waals surface area (Å²) < 4.78 is 12.7. The lowest BCUT2D eigenvalue weighted by Gasteiger charge is -2.24. The topological polar surface area (TPSA) is 40.5 Å². The smallest absolute Gasteiger partial charge is 0.331 e. The van der Waals surface area contributed by atoms with Gasteiger partial charge >= 0.3 is 5.97 Å². The maximum absolute atomic E-state index is 12.7. The number of halogens is 1. The summed E-state index contributed by atoms with van der Waals surface area (Å²) in [7, 11) is 0. The first-order valence-corrected chi connectivity index (χ1v) is 5.54. The SMILES string of the molecule is O=C(O)C1=CCN(Cc2ccc(F)cc2)CC1. The van der Waals surface area contributed by atoms with Crippen LogP contribution in [0.25, 0.3) is 0 Å². The van der Waals surface area contributed by atoms with E-state index < -0.39 is 5.97 Å². The monoisotopic (exact) mass is 235 g/mol. The molecule has 1 aliphatic heterocycles. The van der Waals surface area contributed by atoms with Gasteiger partial charge in [-0.3, -0.25) is 4.90 Å². The molecule has 0 spiro atoms. The van der Waals surface area contributed by atoms with Gasteiger partial charge in [0.25, 0.3) is 0 Å². The molecular weight excluding hydrogens is 221 g/mol. The van der Waals surface area contributed by atoms with Crippen LogP contribution < -0.4 is 0 Å². The van der Waals surface area contributed by atoms with Gasteiger partial charge in [0, 0.05) is 25.2 Å². The van der Waals surface area contributed by atoms with Crippen LogP contribution in [-0.4, -0.2) is 29.1 Å². The third-order valence-electron chi connectivity index (χ3n) is 2.89. The highest BCUT2D eigenvalue weighted by atomic mass is 19.1. The average Bonchev–Trinajstić information content (AvgIpc) is 2.33. The van der Waals surface area contributed by atoms with Crippen molar-refractivity contribution in [1.29, 1.82) is 0 Å². The Labute approximate surface area is 99.2 Å². The van der Waals surface area contributed by atoms with Crippen molar-refractivity contribution in [3.8, 4) is 0 Å². The Bertz CT molecular complexity index is 439. The molecule has 0 aromatic heterocycles. The molecule has 1 aliphatic rings. The van der Waals surface area contributed by atoms with Crippen molar-refractivity contribution in [3.05, 3.63) is 47.3 Å². The molecule has 0 unspecified atom stereocenters. The predicted octanol–water partition coefficient (Wildman–Crippen LogP) is 2.04. The highest BCUT2D eigenvalue weighted by Crippen LogP contribution is 2.14. The van der Waals surface area contributed by atoms with E-state index in [9.17, 15) is 9.18 Å². The summed E-state index contributed by atoms with van der Waals surface area (Å²) in [5.74, 6) is -1.06. The quantitative estimate of drug-likeness (QED) is 0.871. The Morgan fingerprint density at radius 1 is 1.35 bits per heavy atom. The van der Waals surface area contributed by atoms with E-state index in [4.69, 9.17) is 5.11 Å². The minimum atomic E-state index is -0.827. The van der Waals surface area contributed by atoms with E-state index in [1.54, 1.807) is 18.2 Å². The molecule has 0 bridgehead atoms. The molecule has 0 aliphatic carbocycles. The van der Waals surface area contributed by atoms with E-state index in [1.807, 2.05) is 0 Å². The molecule has 0 radical (unpaired) electrons. The van der Waals surface area contributed by atoms with Gasteiger partial charge in [0.15, 0.2) is 0 Å². The molecule has 0 atom stereocenters. The first kappa shape index (κ1) is 11.8. The second-order valence-electron chi connectivity index (χ2n) is 4.15. The van der Waals surface area contributed by atoms with E-state index in [2.05, 4.69) is 4.90 Å². The zero-order valence-corrected chi connectivity index (χ0v) is 9.40. The highest BCUT2D eigenvalue weighted by molar-refractivity contribution is 5.86. The van der Waals surface area contributed by atoms with Crippen molar-refractivity contribution < 1.29 is 14.3 Å².